The Balaban J connectivity index is 1.93. The summed E-state index contributed by atoms with van der Waals surface area (Å²) in [6.45, 7) is 1.76. The summed E-state index contributed by atoms with van der Waals surface area (Å²) in [6, 6.07) is 12.8. The summed E-state index contributed by atoms with van der Waals surface area (Å²) in [5, 5.41) is -0.392. The van der Waals surface area contributed by atoms with E-state index in [1.165, 1.54) is 38.9 Å². The summed E-state index contributed by atoms with van der Waals surface area (Å²) in [7, 11) is -1.77. The van der Waals surface area contributed by atoms with E-state index in [0.29, 0.717) is 11.3 Å². The number of hydrogen-bond donors (Lipinski definition) is 0. The third-order valence-corrected chi connectivity index (χ3v) is 6.19. The van der Waals surface area contributed by atoms with E-state index in [2.05, 4.69) is 19.9 Å². The van der Waals surface area contributed by atoms with E-state index in [1.807, 2.05) is 0 Å². The van der Waals surface area contributed by atoms with Crippen LogP contribution in [0.3, 0.4) is 0 Å². The molecule has 0 spiro atoms. The van der Waals surface area contributed by atoms with Gasteiger partial charge >= 0.3 is 15.8 Å². The van der Waals surface area contributed by atoms with Crippen molar-refractivity contribution in [3.05, 3.63) is 78.2 Å². The van der Waals surface area contributed by atoms with Crippen LogP contribution in [0.4, 0.5) is 5.82 Å². The van der Waals surface area contributed by atoms with Crippen LogP contribution in [0.15, 0.2) is 72.1 Å². The molecule has 0 fully saturated rings. The van der Waals surface area contributed by atoms with Gasteiger partial charge in [0.25, 0.3) is 17.5 Å². The zero-order valence-corrected chi connectivity index (χ0v) is 19.8. The average molecular weight is 493 g/mol. The molecule has 0 saturated carbocycles. The predicted molar refractivity (Wildman–Crippen MR) is 124 cm³/mol. The van der Waals surface area contributed by atoms with Crippen LogP contribution >= 0.6 is 0 Å². The van der Waals surface area contributed by atoms with Gasteiger partial charge < -0.3 is 19.7 Å². The van der Waals surface area contributed by atoms with Crippen molar-refractivity contribution in [1.82, 2.24) is 19.9 Å². The highest BCUT2D eigenvalue weighted by molar-refractivity contribution is 7.85. The molecule has 0 aliphatic rings. The van der Waals surface area contributed by atoms with Crippen molar-refractivity contribution in [3.8, 4) is 34.5 Å². The number of para-hydroxylation sites is 2. The monoisotopic (exact) mass is 492 g/mol. The fourth-order valence-electron chi connectivity index (χ4n) is 3.03. The first-order valence-electron chi connectivity index (χ1n) is 10.2. The molecule has 0 saturated heterocycles. The molecule has 35 heavy (non-hydrogen) atoms. The number of benzene rings is 1. The smallest absolute Gasteiger partial charge is 0.374 e. The molecular formula is C23H20N6O5S. The second-order valence-electron chi connectivity index (χ2n) is 7.12. The summed E-state index contributed by atoms with van der Waals surface area (Å²) in [4.78, 5) is 16.5. The Morgan fingerprint density at radius 3 is 2.26 bits per heavy atom. The first-order valence-corrected chi connectivity index (χ1v) is 11.6. The molecule has 0 radical (unpaired) electrons. The number of hydrogen-bond acceptors (Lipinski definition) is 9. The first-order chi connectivity index (χ1) is 16.8. The van der Waals surface area contributed by atoms with Gasteiger partial charge in [-0.15, -0.1) is 0 Å². The molecular weight excluding hydrogens is 472 g/mol. The summed E-state index contributed by atoms with van der Waals surface area (Å²) in [5.74, 6) is -0.234. The molecule has 0 bridgehead atoms. The van der Waals surface area contributed by atoms with Crippen molar-refractivity contribution in [3.63, 3.8) is 0 Å². The van der Waals surface area contributed by atoms with Crippen LogP contribution in [0, 0.1) is 6.92 Å². The molecule has 12 heteroatoms. The topological polar surface area (TPSA) is 139 Å². The highest BCUT2D eigenvalue weighted by atomic mass is 32.2. The van der Waals surface area contributed by atoms with Gasteiger partial charge in [-0.1, -0.05) is 18.2 Å². The number of ether oxygens (including phenoxy) is 3. The molecule has 0 atom stereocenters. The molecule has 4 rings (SSSR count). The minimum absolute atomic E-state index is 0.00962. The maximum absolute atomic E-state index is 13.2. The van der Waals surface area contributed by atoms with E-state index in [4.69, 9.17) is 14.2 Å². The molecule has 0 amide bonds. The van der Waals surface area contributed by atoms with Crippen LogP contribution in [0.1, 0.15) is 5.56 Å². The lowest BCUT2D eigenvalue weighted by atomic mass is 10.2. The van der Waals surface area contributed by atoms with Gasteiger partial charge in [-0.05, 0) is 47.8 Å². The fourth-order valence-corrected chi connectivity index (χ4v) is 3.98. The van der Waals surface area contributed by atoms with Gasteiger partial charge in [0.05, 0.1) is 14.2 Å². The summed E-state index contributed by atoms with van der Waals surface area (Å²) in [6.07, 6.45) is 4.41. The van der Waals surface area contributed by atoms with E-state index >= 15 is 0 Å². The number of pyridine rings is 2. The number of sulfonamides is 1. The maximum Gasteiger partial charge on any atom is 0.374 e. The second kappa shape index (κ2) is 9.81. The van der Waals surface area contributed by atoms with E-state index in [-0.39, 0.29) is 27.3 Å². The van der Waals surface area contributed by atoms with Crippen molar-refractivity contribution in [2.45, 2.75) is 11.9 Å². The Morgan fingerprint density at radius 2 is 1.63 bits per heavy atom. The van der Waals surface area contributed by atoms with Crippen LogP contribution in [0.25, 0.3) is 16.9 Å². The third kappa shape index (κ3) is 4.77. The van der Waals surface area contributed by atoms with Crippen LogP contribution in [0.5, 0.6) is 23.1 Å². The Labute approximate surface area is 201 Å². The van der Waals surface area contributed by atoms with E-state index < -0.39 is 20.9 Å². The molecule has 0 aliphatic carbocycles. The van der Waals surface area contributed by atoms with Gasteiger partial charge in [0.15, 0.2) is 16.5 Å². The van der Waals surface area contributed by atoms with E-state index in [0.717, 1.165) is 5.56 Å². The van der Waals surface area contributed by atoms with Crippen LogP contribution < -0.4 is 14.2 Å². The fraction of sp³-hybridized carbons (Fsp3) is 0.130. The van der Waals surface area contributed by atoms with Crippen LogP contribution in [-0.2, 0) is 10.0 Å². The Kier molecular flexibility index (Phi) is 6.64. The first kappa shape index (κ1) is 23.7. The number of aromatic nitrogens is 4. The van der Waals surface area contributed by atoms with E-state index in [1.54, 1.807) is 49.4 Å². The van der Waals surface area contributed by atoms with Crippen molar-refractivity contribution >= 4 is 15.8 Å². The minimum atomic E-state index is -4.55. The second-order valence-corrected chi connectivity index (χ2v) is 8.83. The lowest BCUT2D eigenvalue weighted by Crippen LogP contribution is -2.17. The summed E-state index contributed by atoms with van der Waals surface area (Å²) < 4.78 is 43.1. The van der Waals surface area contributed by atoms with Gasteiger partial charge in [0, 0.05) is 24.2 Å². The van der Waals surface area contributed by atoms with Crippen molar-refractivity contribution in [2.24, 2.45) is 0 Å². The molecule has 0 aliphatic heterocycles. The molecule has 178 valence electrons. The predicted octanol–water partition coefficient (Wildman–Crippen LogP) is 4.11. The number of methoxy groups -OCH3 is 2. The molecule has 3 aromatic heterocycles. The SMILES string of the molecule is COc1ccccc1Oc1c(OC)nc(-c2ccncc2)nc1[N+](=[N-])S(=O)(=O)c1ccc(C)cn1. The summed E-state index contributed by atoms with van der Waals surface area (Å²) in [5.41, 5.74) is 12.2. The molecule has 0 N–H and O–H groups in total. The third-order valence-electron chi connectivity index (χ3n) is 4.79. The van der Waals surface area contributed by atoms with Gasteiger partial charge in [-0.25, -0.2) is 9.09 Å². The van der Waals surface area contributed by atoms with Crippen LogP contribution in [0.2, 0.25) is 0 Å². The van der Waals surface area contributed by atoms with Gasteiger partial charge in [0.2, 0.25) is 0 Å². The lowest BCUT2D eigenvalue weighted by molar-refractivity contribution is -0.293. The standard InChI is InChI=1S/C23H20N6O5S/c1-15-8-9-19(26-14-15)35(30,31)29(24)22-20(34-18-7-5-4-6-17(18)32-2)23(33-3)28-21(27-22)16-10-12-25-13-11-16/h4-14H,1-3H3. The zero-order chi connectivity index (χ0) is 25.0. The van der Waals surface area contributed by atoms with Crippen molar-refractivity contribution < 1.29 is 26.7 Å². The maximum atomic E-state index is 13.2. The Morgan fingerprint density at radius 1 is 0.914 bits per heavy atom. The molecule has 3 heterocycles. The molecule has 11 nitrogen and oxygen atoms in total. The number of nitrogens with zero attached hydrogens (tertiary/aromatic N) is 6. The minimum Gasteiger partial charge on any atom is -0.594 e. The van der Waals surface area contributed by atoms with E-state index in [9.17, 15) is 13.9 Å². The lowest BCUT2D eigenvalue weighted by Gasteiger charge is -2.15. The highest BCUT2D eigenvalue weighted by Gasteiger charge is 2.33. The highest BCUT2D eigenvalue weighted by Crippen LogP contribution is 2.42. The average Bonchev–Trinajstić information content (AvgIpc) is 2.89. The van der Waals surface area contributed by atoms with Gasteiger partial charge in [-0.3, -0.25) is 4.98 Å². The van der Waals surface area contributed by atoms with Crippen LogP contribution in [-0.4, -0.2) is 46.7 Å². The van der Waals surface area contributed by atoms with Crippen molar-refractivity contribution in [2.75, 3.05) is 14.2 Å². The molecule has 1 aromatic carbocycles. The Bertz CT molecular complexity index is 1480. The summed E-state index contributed by atoms with van der Waals surface area (Å²) >= 11 is 0. The molecule has 0 unspecified atom stereocenters. The number of rotatable bonds is 8. The molecule has 4 aromatic rings. The van der Waals surface area contributed by atoms with Gasteiger partial charge in [0.1, 0.15) is 0 Å². The zero-order valence-electron chi connectivity index (χ0n) is 19.0. The van der Waals surface area contributed by atoms with Crippen molar-refractivity contribution in [1.29, 1.82) is 0 Å². The Hall–Kier alpha value is -4.45. The quantitative estimate of drug-likeness (QED) is 0.263. The largest absolute Gasteiger partial charge is 0.594 e. The normalized spacial score (nSPS) is 11.1. The number of aryl methyl sites for hydroxylation is 1. The van der Waals surface area contributed by atoms with Gasteiger partial charge in [-0.2, -0.15) is 13.4 Å².